The first kappa shape index (κ1) is 17.9. The van der Waals surface area contributed by atoms with Gasteiger partial charge >= 0.3 is 6.09 Å². The molecule has 0 radical (unpaired) electrons. The predicted molar refractivity (Wildman–Crippen MR) is 93.6 cm³/mol. The van der Waals surface area contributed by atoms with Crippen molar-refractivity contribution in [2.45, 2.75) is 45.3 Å². The van der Waals surface area contributed by atoms with Crippen LogP contribution in [0.1, 0.15) is 39.0 Å². The van der Waals surface area contributed by atoms with E-state index in [0.717, 1.165) is 9.35 Å². The SMILES string of the molecule is CN1C(=O)C[C@@](C)(c2cc(Br)cs2)NC1=NC(=O)OC(C)(C)C. The first-order valence-electron chi connectivity index (χ1n) is 7.11. The first-order valence-corrected chi connectivity index (χ1v) is 8.78. The van der Waals surface area contributed by atoms with Crippen LogP contribution in [0.25, 0.3) is 0 Å². The molecule has 0 unspecified atom stereocenters. The van der Waals surface area contributed by atoms with Gasteiger partial charge in [0.2, 0.25) is 11.9 Å². The van der Waals surface area contributed by atoms with Gasteiger partial charge in [-0.1, -0.05) is 0 Å². The first-order chi connectivity index (χ1) is 10.5. The number of amides is 2. The van der Waals surface area contributed by atoms with Gasteiger partial charge in [0.1, 0.15) is 5.60 Å². The highest BCUT2D eigenvalue weighted by Gasteiger charge is 2.40. The van der Waals surface area contributed by atoms with Crippen LogP contribution < -0.4 is 5.32 Å². The van der Waals surface area contributed by atoms with Gasteiger partial charge in [0.15, 0.2) is 0 Å². The minimum Gasteiger partial charge on any atom is -0.442 e. The van der Waals surface area contributed by atoms with Crippen molar-refractivity contribution in [2.24, 2.45) is 4.99 Å². The van der Waals surface area contributed by atoms with Crippen LogP contribution in [-0.4, -0.2) is 35.5 Å². The van der Waals surface area contributed by atoms with Gasteiger partial charge < -0.3 is 10.1 Å². The zero-order valence-electron chi connectivity index (χ0n) is 13.8. The highest BCUT2D eigenvalue weighted by Crippen LogP contribution is 2.34. The third-order valence-electron chi connectivity index (χ3n) is 3.29. The Morgan fingerprint density at radius 3 is 2.70 bits per heavy atom. The quantitative estimate of drug-likeness (QED) is 0.781. The molecule has 23 heavy (non-hydrogen) atoms. The Kier molecular flexibility index (Phi) is 4.86. The molecule has 0 aromatic carbocycles. The van der Waals surface area contributed by atoms with Gasteiger partial charge in [-0.25, -0.2) is 4.79 Å². The second-order valence-electron chi connectivity index (χ2n) is 6.63. The summed E-state index contributed by atoms with van der Waals surface area (Å²) in [6.45, 7) is 7.21. The van der Waals surface area contributed by atoms with Crippen molar-refractivity contribution >= 4 is 45.2 Å². The van der Waals surface area contributed by atoms with E-state index in [4.69, 9.17) is 4.74 Å². The number of hydrogen-bond donors (Lipinski definition) is 1. The average Bonchev–Trinajstić information content (AvgIpc) is 2.80. The number of hydrogen-bond acceptors (Lipinski definition) is 4. The van der Waals surface area contributed by atoms with E-state index in [1.54, 1.807) is 27.8 Å². The van der Waals surface area contributed by atoms with Gasteiger partial charge in [0, 0.05) is 21.8 Å². The Labute approximate surface area is 148 Å². The number of rotatable bonds is 1. The summed E-state index contributed by atoms with van der Waals surface area (Å²) in [5.74, 6) is 0.0839. The highest BCUT2D eigenvalue weighted by atomic mass is 79.9. The normalized spacial score (nSPS) is 23.8. The van der Waals surface area contributed by atoms with Crippen molar-refractivity contribution in [3.63, 3.8) is 0 Å². The van der Waals surface area contributed by atoms with Gasteiger partial charge in [0.25, 0.3) is 0 Å². The largest absolute Gasteiger partial charge is 0.442 e. The molecule has 1 atom stereocenters. The summed E-state index contributed by atoms with van der Waals surface area (Å²) in [4.78, 5) is 30.5. The number of carbonyl (C=O) groups excluding carboxylic acids is 2. The van der Waals surface area contributed by atoms with Gasteiger partial charge in [-0.05, 0) is 49.7 Å². The van der Waals surface area contributed by atoms with E-state index in [-0.39, 0.29) is 18.3 Å². The molecule has 1 saturated heterocycles. The lowest BCUT2D eigenvalue weighted by Crippen LogP contribution is -2.58. The van der Waals surface area contributed by atoms with E-state index in [2.05, 4.69) is 26.2 Å². The molecule has 1 aromatic heterocycles. The fourth-order valence-electron chi connectivity index (χ4n) is 2.14. The van der Waals surface area contributed by atoms with Gasteiger partial charge in [-0.3, -0.25) is 9.69 Å². The second kappa shape index (κ2) is 6.24. The smallest absolute Gasteiger partial charge is 0.437 e. The third-order valence-corrected chi connectivity index (χ3v) is 5.24. The lowest BCUT2D eigenvalue weighted by Gasteiger charge is -2.39. The third kappa shape index (κ3) is 4.32. The monoisotopic (exact) mass is 401 g/mol. The summed E-state index contributed by atoms with van der Waals surface area (Å²) in [5.41, 5.74) is -1.25. The Bertz CT molecular complexity index is 665. The zero-order chi connectivity index (χ0) is 17.4. The molecule has 1 aliphatic heterocycles. The molecular weight excluding hydrogens is 382 g/mol. The maximum absolute atomic E-state index is 12.3. The van der Waals surface area contributed by atoms with Crippen LogP contribution in [0.2, 0.25) is 0 Å². The maximum Gasteiger partial charge on any atom is 0.437 e. The number of nitrogens with zero attached hydrogens (tertiary/aromatic N) is 2. The van der Waals surface area contributed by atoms with Crippen LogP contribution in [0.15, 0.2) is 20.9 Å². The van der Waals surface area contributed by atoms with Crippen molar-refractivity contribution in [1.82, 2.24) is 10.2 Å². The van der Waals surface area contributed by atoms with Crippen molar-refractivity contribution in [3.05, 3.63) is 20.8 Å². The Morgan fingerprint density at radius 1 is 1.52 bits per heavy atom. The van der Waals surface area contributed by atoms with Crippen molar-refractivity contribution in [1.29, 1.82) is 0 Å². The molecule has 6 nitrogen and oxygen atoms in total. The van der Waals surface area contributed by atoms with Gasteiger partial charge in [-0.2, -0.15) is 0 Å². The topological polar surface area (TPSA) is 71.0 Å². The molecule has 0 saturated carbocycles. The molecule has 126 valence electrons. The summed E-state index contributed by atoms with van der Waals surface area (Å²) in [7, 11) is 1.59. The summed E-state index contributed by atoms with van der Waals surface area (Å²) in [6.07, 6.45) is -0.444. The molecule has 1 N–H and O–H groups in total. The number of nitrogens with one attached hydrogen (secondary N) is 1. The lowest BCUT2D eigenvalue weighted by molar-refractivity contribution is -0.129. The van der Waals surface area contributed by atoms with Gasteiger partial charge in [0.05, 0.1) is 12.0 Å². The number of thiophene rings is 1. The molecule has 0 bridgehead atoms. The fraction of sp³-hybridized carbons (Fsp3) is 0.533. The van der Waals surface area contributed by atoms with Crippen molar-refractivity contribution in [2.75, 3.05) is 7.05 Å². The minimum absolute atomic E-state index is 0.113. The van der Waals surface area contributed by atoms with Crippen molar-refractivity contribution in [3.8, 4) is 0 Å². The molecule has 2 rings (SSSR count). The predicted octanol–water partition coefficient (Wildman–Crippen LogP) is 3.47. The van der Waals surface area contributed by atoms with Crippen molar-refractivity contribution < 1.29 is 14.3 Å². The molecule has 2 amide bonds. The summed E-state index contributed by atoms with van der Waals surface area (Å²) in [6, 6.07) is 1.96. The van der Waals surface area contributed by atoms with E-state index in [1.165, 1.54) is 16.2 Å². The maximum atomic E-state index is 12.3. The zero-order valence-corrected chi connectivity index (χ0v) is 16.2. The van der Waals surface area contributed by atoms with E-state index in [1.807, 2.05) is 18.4 Å². The molecular formula is C15H20BrN3O3S. The Hall–Kier alpha value is -1.41. The molecule has 8 heteroatoms. The Morgan fingerprint density at radius 2 is 2.17 bits per heavy atom. The van der Waals surface area contributed by atoms with E-state index >= 15 is 0 Å². The summed E-state index contributed by atoms with van der Waals surface area (Å²) in [5, 5.41) is 5.15. The number of ether oxygens (including phenoxy) is 1. The van der Waals surface area contributed by atoms with Gasteiger partial charge in [-0.15, -0.1) is 16.3 Å². The van der Waals surface area contributed by atoms with E-state index < -0.39 is 17.2 Å². The highest BCUT2D eigenvalue weighted by molar-refractivity contribution is 9.10. The molecule has 1 aromatic rings. The molecule has 2 heterocycles. The second-order valence-corrected chi connectivity index (χ2v) is 8.46. The van der Waals surface area contributed by atoms with E-state index in [9.17, 15) is 9.59 Å². The van der Waals surface area contributed by atoms with Crippen LogP contribution >= 0.6 is 27.3 Å². The van der Waals surface area contributed by atoms with Crippen LogP contribution in [0.4, 0.5) is 4.79 Å². The van der Waals surface area contributed by atoms with Crippen LogP contribution in [0.5, 0.6) is 0 Å². The molecule has 1 fully saturated rings. The number of aliphatic imine (C=N–C) groups is 1. The van der Waals surface area contributed by atoms with E-state index in [0.29, 0.717) is 0 Å². The minimum atomic E-state index is -0.726. The Balaban J connectivity index is 2.29. The number of carbonyl (C=O) groups is 2. The number of halogens is 1. The van der Waals surface area contributed by atoms with Crippen LogP contribution in [-0.2, 0) is 15.1 Å². The van der Waals surface area contributed by atoms with Crippen LogP contribution in [0, 0.1) is 0 Å². The average molecular weight is 402 g/mol. The fourth-order valence-corrected chi connectivity index (χ4v) is 3.69. The standard InChI is InChI=1S/C15H20BrN3O3S/c1-14(2,3)22-13(21)17-12-18-15(4,7-11(20)19(12)5)10-6-9(16)8-23-10/h6,8H,7H2,1-5H3,(H,17,18,21)/t15-/m0/s1. The lowest BCUT2D eigenvalue weighted by atomic mass is 9.93. The number of guanidine groups is 1. The molecule has 0 aliphatic carbocycles. The molecule has 1 aliphatic rings. The molecule has 0 spiro atoms. The summed E-state index contributed by atoms with van der Waals surface area (Å²) < 4.78 is 6.15. The summed E-state index contributed by atoms with van der Waals surface area (Å²) >= 11 is 4.96. The van der Waals surface area contributed by atoms with Crippen LogP contribution in [0.3, 0.4) is 0 Å².